The lowest BCUT2D eigenvalue weighted by molar-refractivity contribution is -0.385. The molecule has 0 saturated heterocycles. The van der Waals surface area contributed by atoms with E-state index in [4.69, 9.17) is 7.10 Å². The van der Waals surface area contributed by atoms with Crippen molar-refractivity contribution in [1.82, 2.24) is 5.32 Å². The van der Waals surface area contributed by atoms with Crippen molar-refractivity contribution in [3.8, 4) is 0 Å². The molecule has 2 atom stereocenters. The molecule has 0 fully saturated rings. The molecule has 0 aromatic heterocycles. The third-order valence-corrected chi connectivity index (χ3v) is 6.74. The van der Waals surface area contributed by atoms with Crippen molar-refractivity contribution in [2.24, 2.45) is 17.6 Å². The summed E-state index contributed by atoms with van der Waals surface area (Å²) in [6.45, 7) is 4.35. The highest BCUT2D eigenvalue weighted by Crippen LogP contribution is 2.21. The van der Waals surface area contributed by atoms with Gasteiger partial charge < -0.3 is 31.3 Å². The van der Waals surface area contributed by atoms with E-state index >= 15 is 0 Å². The zero-order valence-corrected chi connectivity index (χ0v) is 27.2. The van der Waals surface area contributed by atoms with Gasteiger partial charge in [0, 0.05) is 60.3 Å². The van der Waals surface area contributed by atoms with Crippen LogP contribution in [-0.4, -0.2) is 60.5 Å². The Morgan fingerprint density at radius 2 is 1.13 bits per heavy atom. The molecule has 14 nitrogen and oxygen atoms in total. The van der Waals surface area contributed by atoms with Crippen LogP contribution in [0.2, 0.25) is 0 Å². The number of anilines is 2. The number of amides is 2. The van der Waals surface area contributed by atoms with Crippen LogP contribution in [0.5, 0.6) is 0 Å². The summed E-state index contributed by atoms with van der Waals surface area (Å²) in [5.74, 6) is -1.32. The molecule has 0 aliphatic rings. The van der Waals surface area contributed by atoms with E-state index in [0.717, 1.165) is 32.2 Å². The number of carbonyl (C=O) groups is 4. The molecule has 0 spiro atoms. The molecule has 0 saturated carbocycles. The Hall–Kier alpha value is -4.63. The number of carbonyl (C=O) groups excluding carboxylic acids is 4. The Balaban J connectivity index is 0.000000851. The Kier molecular flexibility index (Phi) is 21.1. The normalized spacial score (nSPS) is 11.6. The minimum atomic E-state index is -1.00. The number of ketones is 2. The van der Waals surface area contributed by atoms with Crippen molar-refractivity contribution < 1.29 is 34.8 Å². The number of nitrogens with one attached hydrogen (secondary N) is 3. The number of benzene rings is 2. The van der Waals surface area contributed by atoms with Gasteiger partial charge in [-0.3, -0.25) is 34.2 Å². The Morgan fingerprint density at radius 1 is 0.766 bits per heavy atom. The maximum absolute atomic E-state index is 12.3. The fourth-order valence-electron chi connectivity index (χ4n) is 4.39. The SMILES string of the molecule is CC(=O)C[C@@H](CCCCN)C(=O)Nc1ccc([N+](=O)[O-])cc1.CNCCCC[C@H](CC(C)=O)C(=O)Nc1ccc([N+](=O)[O-])cc1.[2H]CF. The average Bonchev–Trinajstić information content (AvgIpc) is 3.03. The molecule has 47 heavy (non-hydrogen) atoms. The number of nitro groups is 2. The lowest BCUT2D eigenvalue weighted by atomic mass is 9.95. The highest BCUT2D eigenvalue weighted by molar-refractivity contribution is 5.96. The van der Waals surface area contributed by atoms with Gasteiger partial charge >= 0.3 is 0 Å². The maximum atomic E-state index is 12.3. The predicted molar refractivity (Wildman–Crippen MR) is 179 cm³/mol. The van der Waals surface area contributed by atoms with Gasteiger partial charge in [0.2, 0.25) is 11.8 Å². The number of nitrogens with two attached hydrogens (primary N) is 1. The summed E-state index contributed by atoms with van der Waals surface area (Å²) in [7, 11) is 0.869. The molecule has 2 aromatic carbocycles. The van der Waals surface area contributed by atoms with E-state index in [0.29, 0.717) is 30.8 Å². The number of rotatable bonds is 19. The van der Waals surface area contributed by atoms with E-state index < -0.39 is 22.9 Å². The van der Waals surface area contributed by atoms with Gasteiger partial charge in [0.05, 0.1) is 18.4 Å². The summed E-state index contributed by atoms with van der Waals surface area (Å²) in [6.07, 6.45) is 5.00. The molecule has 2 aromatic rings. The number of nitrogens with zero attached hydrogens (tertiary/aromatic N) is 2. The first-order chi connectivity index (χ1) is 22.8. The topological polar surface area (TPSA) is 217 Å². The summed E-state index contributed by atoms with van der Waals surface area (Å²) >= 11 is 0. The first-order valence-electron chi connectivity index (χ1n) is 15.8. The van der Waals surface area contributed by atoms with E-state index in [2.05, 4.69) is 16.0 Å². The molecule has 5 N–H and O–H groups in total. The molecule has 15 heteroatoms. The Morgan fingerprint density at radius 3 is 1.43 bits per heavy atom. The molecule has 0 radical (unpaired) electrons. The number of nitro benzene ring substituents is 2. The number of Topliss-reactive ketones (excluding diaryl/α,β-unsaturated/α-hetero) is 2. The number of alkyl halides is 1. The second-order valence-electron chi connectivity index (χ2n) is 10.7. The third-order valence-electron chi connectivity index (χ3n) is 6.74. The second-order valence-corrected chi connectivity index (χ2v) is 10.7. The van der Waals surface area contributed by atoms with E-state index in [9.17, 15) is 43.8 Å². The van der Waals surface area contributed by atoms with Crippen LogP contribution in [0, 0.1) is 32.1 Å². The number of halogens is 1. The van der Waals surface area contributed by atoms with Crippen molar-refractivity contribution in [2.45, 2.75) is 65.2 Å². The zero-order chi connectivity index (χ0) is 36.5. The van der Waals surface area contributed by atoms with Crippen LogP contribution in [0.3, 0.4) is 0 Å². The fourth-order valence-corrected chi connectivity index (χ4v) is 4.39. The van der Waals surface area contributed by atoms with Crippen LogP contribution in [0.25, 0.3) is 0 Å². The van der Waals surface area contributed by atoms with Crippen LogP contribution in [0.15, 0.2) is 48.5 Å². The molecule has 0 bridgehead atoms. The smallest absolute Gasteiger partial charge is 0.269 e. The van der Waals surface area contributed by atoms with Crippen LogP contribution < -0.4 is 21.7 Å². The van der Waals surface area contributed by atoms with Gasteiger partial charge in [-0.15, -0.1) is 0 Å². The minimum Gasteiger partial charge on any atom is -0.330 e. The van der Waals surface area contributed by atoms with Gasteiger partial charge in [-0.2, -0.15) is 0 Å². The van der Waals surface area contributed by atoms with Crippen LogP contribution in [0.1, 0.15) is 66.6 Å². The van der Waals surface area contributed by atoms with Crippen molar-refractivity contribution in [3.05, 3.63) is 68.8 Å². The molecule has 2 amide bonds. The van der Waals surface area contributed by atoms with E-state index in [1.165, 1.54) is 62.4 Å². The first kappa shape index (κ1) is 40.4. The molecular formula is C32H47FN6O8. The highest BCUT2D eigenvalue weighted by atomic mass is 19.1. The van der Waals surface area contributed by atoms with Crippen molar-refractivity contribution in [2.75, 3.05) is 37.9 Å². The molecule has 0 aliphatic heterocycles. The van der Waals surface area contributed by atoms with Crippen LogP contribution in [0.4, 0.5) is 27.1 Å². The van der Waals surface area contributed by atoms with Crippen molar-refractivity contribution in [1.29, 1.82) is 0 Å². The van der Waals surface area contributed by atoms with E-state index in [1.807, 2.05) is 7.05 Å². The average molecular weight is 664 g/mol. The molecule has 0 aliphatic carbocycles. The van der Waals surface area contributed by atoms with Crippen molar-refractivity contribution in [3.63, 3.8) is 0 Å². The highest BCUT2D eigenvalue weighted by Gasteiger charge is 2.21. The van der Waals surface area contributed by atoms with Gasteiger partial charge in [0.15, 0.2) is 0 Å². The summed E-state index contributed by atoms with van der Waals surface area (Å²) in [5, 5.41) is 29.7. The first-order valence-corrected chi connectivity index (χ1v) is 15.1. The lowest BCUT2D eigenvalue weighted by Crippen LogP contribution is -2.25. The van der Waals surface area contributed by atoms with Gasteiger partial charge in [-0.25, -0.2) is 0 Å². The number of hydrogen-bond acceptors (Lipinski definition) is 10. The van der Waals surface area contributed by atoms with Gasteiger partial charge in [0.1, 0.15) is 11.6 Å². The summed E-state index contributed by atoms with van der Waals surface area (Å²) in [4.78, 5) is 67.4. The minimum absolute atomic E-state index is 0.0255. The number of unbranched alkanes of at least 4 members (excludes halogenated alkanes) is 2. The Bertz CT molecular complexity index is 1300. The molecule has 260 valence electrons. The summed E-state index contributed by atoms with van der Waals surface area (Å²) in [5.41, 5.74) is 6.32. The lowest BCUT2D eigenvalue weighted by Gasteiger charge is -2.15. The second kappa shape index (κ2) is 24.6. The van der Waals surface area contributed by atoms with Gasteiger partial charge in [0.25, 0.3) is 11.4 Å². The molecule has 0 heterocycles. The maximum Gasteiger partial charge on any atom is 0.269 e. The standard InChI is InChI=1S/C16H23N3O4.C15H21N3O4.CH3F/c1-12(20)11-13(5-3-4-10-17-2)16(21)18-14-6-8-15(9-7-14)19(22)23;1-11(19)10-12(4-2-3-9-16)15(20)17-13-5-7-14(8-6-13)18(21)22;1-2/h6-9,13,17H,3-5,10-11H2,1-2H3,(H,18,21);5-8,12H,2-4,9-10,16H2,1H3,(H,17,20);1H3/t13-;12-;/m11./s1/i;;1D. The zero-order valence-electron chi connectivity index (χ0n) is 28.2. The largest absolute Gasteiger partial charge is 0.330 e. The van der Waals surface area contributed by atoms with Crippen LogP contribution in [-0.2, 0) is 19.2 Å². The summed E-state index contributed by atoms with van der Waals surface area (Å²) < 4.78 is 15.5. The Labute approximate surface area is 275 Å². The van der Waals surface area contributed by atoms with Gasteiger partial charge in [-0.05, 0) is 83.9 Å². The monoisotopic (exact) mass is 663 g/mol. The van der Waals surface area contributed by atoms with Crippen molar-refractivity contribution >= 4 is 46.1 Å². The molecule has 2 rings (SSSR count). The van der Waals surface area contributed by atoms with Crippen LogP contribution >= 0.6 is 0 Å². The number of non-ortho nitro benzene ring substituents is 2. The van der Waals surface area contributed by atoms with E-state index in [1.54, 1.807) is 0 Å². The van der Waals surface area contributed by atoms with E-state index in [-0.39, 0.29) is 53.5 Å². The summed E-state index contributed by atoms with van der Waals surface area (Å²) in [6, 6.07) is 11.2. The molecular weight excluding hydrogens is 615 g/mol. The number of hydrogen-bond donors (Lipinski definition) is 4. The predicted octanol–water partition coefficient (Wildman–Crippen LogP) is 5.36. The quantitative estimate of drug-likeness (QED) is 0.0856. The third kappa shape index (κ3) is 18.8. The molecule has 0 unspecified atom stereocenters. The van der Waals surface area contributed by atoms with Gasteiger partial charge in [-0.1, -0.05) is 12.8 Å². The fraction of sp³-hybridized carbons (Fsp3) is 0.500.